The highest BCUT2D eigenvalue weighted by molar-refractivity contribution is 7.89. The van der Waals surface area contributed by atoms with Gasteiger partial charge >= 0.3 is 0 Å². The highest BCUT2D eigenvalue weighted by Crippen LogP contribution is 2.27. The van der Waals surface area contributed by atoms with Gasteiger partial charge in [0.1, 0.15) is 0 Å². The molecule has 0 aromatic heterocycles. The monoisotopic (exact) mass is 403 g/mol. The van der Waals surface area contributed by atoms with Gasteiger partial charge in [-0.15, -0.1) is 12.4 Å². The molecule has 1 aromatic rings. The standard InChI is InChI=1S/C18H29N3O3S.ClH/c1-5-21(6-2)25(23,24)16-10-13(3)14(4)17(11-16)20-18(22)15-8-7-9-19-12-15;/h10-11,15,19H,5-9,12H2,1-4H3,(H,20,22);1H. The van der Waals surface area contributed by atoms with E-state index < -0.39 is 10.0 Å². The Morgan fingerprint density at radius 3 is 2.46 bits per heavy atom. The topological polar surface area (TPSA) is 78.5 Å². The van der Waals surface area contributed by atoms with E-state index in [1.165, 1.54) is 4.31 Å². The Morgan fingerprint density at radius 1 is 1.27 bits per heavy atom. The molecule has 2 rings (SSSR count). The van der Waals surface area contributed by atoms with Crippen LogP contribution in [-0.4, -0.2) is 44.8 Å². The summed E-state index contributed by atoms with van der Waals surface area (Å²) in [4.78, 5) is 12.8. The summed E-state index contributed by atoms with van der Waals surface area (Å²) < 4.78 is 27.0. The smallest absolute Gasteiger partial charge is 0.243 e. The second-order valence-electron chi connectivity index (χ2n) is 6.53. The maximum atomic E-state index is 12.8. The molecule has 0 bridgehead atoms. The first-order chi connectivity index (χ1) is 11.8. The molecule has 1 amide bonds. The Hall–Kier alpha value is -1.15. The number of halogens is 1. The Labute approximate surface area is 163 Å². The van der Waals surface area contributed by atoms with Gasteiger partial charge in [0.05, 0.1) is 10.8 Å². The van der Waals surface area contributed by atoms with Crippen LogP contribution in [0.15, 0.2) is 17.0 Å². The summed E-state index contributed by atoms with van der Waals surface area (Å²) in [5.41, 5.74) is 2.34. The van der Waals surface area contributed by atoms with E-state index in [4.69, 9.17) is 0 Å². The van der Waals surface area contributed by atoms with E-state index in [-0.39, 0.29) is 29.1 Å². The summed E-state index contributed by atoms with van der Waals surface area (Å²) in [6.45, 7) is 9.86. The number of piperidine rings is 1. The lowest BCUT2D eigenvalue weighted by Gasteiger charge is -2.23. The van der Waals surface area contributed by atoms with Crippen LogP contribution < -0.4 is 10.6 Å². The van der Waals surface area contributed by atoms with Crippen molar-refractivity contribution in [2.75, 3.05) is 31.5 Å². The lowest BCUT2D eigenvalue weighted by Crippen LogP contribution is -2.37. The molecule has 26 heavy (non-hydrogen) atoms. The number of nitrogens with zero attached hydrogens (tertiary/aromatic N) is 1. The summed E-state index contributed by atoms with van der Waals surface area (Å²) in [5, 5.41) is 6.18. The minimum absolute atomic E-state index is 0. The van der Waals surface area contributed by atoms with Crippen LogP contribution in [0.2, 0.25) is 0 Å². The van der Waals surface area contributed by atoms with Crippen LogP contribution in [0.1, 0.15) is 37.8 Å². The van der Waals surface area contributed by atoms with E-state index in [9.17, 15) is 13.2 Å². The van der Waals surface area contributed by atoms with Crippen LogP contribution >= 0.6 is 12.4 Å². The Balaban J connectivity index is 0.00000338. The molecule has 1 fully saturated rings. The van der Waals surface area contributed by atoms with Gasteiger partial charge in [0.15, 0.2) is 0 Å². The first-order valence-corrected chi connectivity index (χ1v) is 10.4. The van der Waals surface area contributed by atoms with Crippen LogP contribution in [0.5, 0.6) is 0 Å². The molecule has 1 atom stereocenters. The fourth-order valence-electron chi connectivity index (χ4n) is 3.13. The third kappa shape index (κ3) is 4.97. The quantitative estimate of drug-likeness (QED) is 0.765. The molecule has 1 unspecified atom stereocenters. The average Bonchev–Trinajstić information content (AvgIpc) is 2.60. The molecular weight excluding hydrogens is 374 g/mol. The van der Waals surface area contributed by atoms with Crippen molar-refractivity contribution in [3.05, 3.63) is 23.3 Å². The van der Waals surface area contributed by atoms with E-state index >= 15 is 0 Å². The number of anilines is 1. The molecule has 8 heteroatoms. The number of aryl methyl sites for hydroxylation is 1. The maximum absolute atomic E-state index is 12.8. The number of benzene rings is 1. The van der Waals surface area contributed by atoms with Crippen LogP contribution in [0.25, 0.3) is 0 Å². The first kappa shape index (κ1) is 22.9. The molecule has 1 heterocycles. The summed E-state index contributed by atoms with van der Waals surface area (Å²) >= 11 is 0. The third-order valence-electron chi connectivity index (χ3n) is 4.91. The van der Waals surface area contributed by atoms with Crippen molar-refractivity contribution in [2.45, 2.75) is 45.4 Å². The molecule has 0 spiro atoms. The summed E-state index contributed by atoms with van der Waals surface area (Å²) in [5.74, 6) is -0.122. The van der Waals surface area contributed by atoms with Gasteiger partial charge in [0.25, 0.3) is 0 Å². The van der Waals surface area contributed by atoms with Gasteiger partial charge in [0, 0.05) is 25.3 Å². The van der Waals surface area contributed by atoms with Crippen LogP contribution in [0, 0.1) is 19.8 Å². The van der Waals surface area contributed by atoms with Crippen molar-refractivity contribution in [3.8, 4) is 0 Å². The number of sulfonamides is 1. The number of rotatable bonds is 6. The second-order valence-corrected chi connectivity index (χ2v) is 8.47. The van der Waals surface area contributed by atoms with Crippen molar-refractivity contribution < 1.29 is 13.2 Å². The number of carbonyl (C=O) groups excluding carboxylic acids is 1. The van der Waals surface area contributed by atoms with Gasteiger partial charge in [-0.05, 0) is 56.5 Å². The number of carbonyl (C=O) groups is 1. The van der Waals surface area contributed by atoms with Gasteiger partial charge in [-0.25, -0.2) is 8.42 Å². The van der Waals surface area contributed by atoms with Crippen LogP contribution in [0.3, 0.4) is 0 Å². The molecule has 2 N–H and O–H groups in total. The van der Waals surface area contributed by atoms with Crippen LogP contribution in [-0.2, 0) is 14.8 Å². The number of nitrogens with one attached hydrogen (secondary N) is 2. The fourth-order valence-corrected chi connectivity index (χ4v) is 4.70. The minimum Gasteiger partial charge on any atom is -0.326 e. The molecule has 1 aliphatic rings. The Morgan fingerprint density at radius 2 is 1.92 bits per heavy atom. The van der Waals surface area contributed by atoms with Crippen molar-refractivity contribution >= 4 is 34.0 Å². The molecule has 6 nitrogen and oxygen atoms in total. The molecule has 0 radical (unpaired) electrons. The lowest BCUT2D eigenvalue weighted by atomic mass is 9.98. The van der Waals surface area contributed by atoms with Gasteiger partial charge < -0.3 is 10.6 Å². The lowest BCUT2D eigenvalue weighted by molar-refractivity contribution is -0.120. The molecule has 0 aliphatic carbocycles. The SMILES string of the molecule is CCN(CC)S(=O)(=O)c1cc(C)c(C)c(NC(=O)C2CCCNC2)c1.Cl. The predicted molar refractivity (Wildman–Crippen MR) is 107 cm³/mol. The highest BCUT2D eigenvalue weighted by Gasteiger charge is 2.25. The highest BCUT2D eigenvalue weighted by atomic mass is 35.5. The van der Waals surface area contributed by atoms with E-state index in [0.29, 0.717) is 25.3 Å². The number of amides is 1. The van der Waals surface area contributed by atoms with Gasteiger partial charge in [-0.2, -0.15) is 4.31 Å². The number of hydrogen-bond donors (Lipinski definition) is 2. The van der Waals surface area contributed by atoms with E-state index in [1.54, 1.807) is 12.1 Å². The first-order valence-electron chi connectivity index (χ1n) is 8.94. The largest absolute Gasteiger partial charge is 0.326 e. The van der Waals surface area contributed by atoms with Crippen molar-refractivity contribution in [2.24, 2.45) is 5.92 Å². The van der Waals surface area contributed by atoms with Crippen molar-refractivity contribution in [1.29, 1.82) is 0 Å². The molecule has 0 saturated carbocycles. The minimum atomic E-state index is -3.55. The zero-order chi connectivity index (χ0) is 18.6. The second kappa shape index (κ2) is 9.69. The van der Waals surface area contributed by atoms with E-state index in [0.717, 1.165) is 30.5 Å². The summed E-state index contributed by atoms with van der Waals surface area (Å²) in [6.07, 6.45) is 1.83. The van der Waals surface area contributed by atoms with E-state index in [1.807, 2.05) is 27.7 Å². The summed E-state index contributed by atoms with van der Waals surface area (Å²) in [7, 11) is -3.55. The fraction of sp³-hybridized carbons (Fsp3) is 0.611. The zero-order valence-electron chi connectivity index (χ0n) is 16.0. The summed E-state index contributed by atoms with van der Waals surface area (Å²) in [6, 6.07) is 3.27. The molecule has 1 saturated heterocycles. The van der Waals surface area contributed by atoms with Gasteiger partial charge in [0.2, 0.25) is 15.9 Å². The maximum Gasteiger partial charge on any atom is 0.243 e. The molecule has 148 valence electrons. The van der Waals surface area contributed by atoms with Gasteiger partial charge in [-0.1, -0.05) is 13.8 Å². The predicted octanol–water partition coefficient (Wildman–Crippen LogP) is 2.69. The van der Waals surface area contributed by atoms with Crippen molar-refractivity contribution in [1.82, 2.24) is 9.62 Å². The third-order valence-corrected chi connectivity index (χ3v) is 6.94. The number of hydrogen-bond acceptors (Lipinski definition) is 4. The normalized spacial score (nSPS) is 17.7. The average molecular weight is 404 g/mol. The Kier molecular flexibility index (Phi) is 8.53. The van der Waals surface area contributed by atoms with Gasteiger partial charge in [-0.3, -0.25) is 4.79 Å². The Bertz CT molecular complexity index is 727. The van der Waals surface area contributed by atoms with E-state index in [2.05, 4.69) is 10.6 Å². The zero-order valence-corrected chi connectivity index (χ0v) is 17.6. The van der Waals surface area contributed by atoms with Crippen LogP contribution in [0.4, 0.5) is 5.69 Å². The van der Waals surface area contributed by atoms with Crippen molar-refractivity contribution in [3.63, 3.8) is 0 Å². The molecular formula is C18H30ClN3O3S. The molecule has 1 aromatic carbocycles. The molecule has 1 aliphatic heterocycles.